The van der Waals surface area contributed by atoms with Crippen LogP contribution in [-0.2, 0) is 43.2 Å². The van der Waals surface area contributed by atoms with E-state index in [9.17, 15) is 28.0 Å². The summed E-state index contributed by atoms with van der Waals surface area (Å²) >= 11 is 0. The van der Waals surface area contributed by atoms with Crippen LogP contribution in [0.3, 0.4) is 0 Å². The molecular formula is C48H68N2O12S. The lowest BCUT2D eigenvalue weighted by Crippen LogP contribution is -2.65. The Morgan fingerprint density at radius 1 is 0.841 bits per heavy atom. The maximum Gasteiger partial charge on any atom is 0.415 e. The molecule has 8 atom stereocenters. The first-order valence-electron chi connectivity index (χ1n) is 23.0. The zero-order chi connectivity index (χ0) is 45.6. The molecule has 1 aromatic heterocycles. The number of esters is 3. The number of hydrogen-bond acceptors (Lipinski definition) is 13. The van der Waals surface area contributed by atoms with E-state index in [2.05, 4.69) is 64.3 Å². The standard InChI is InChI=1S/C48H68N2O12S/c1-9-58-42(53)48-25-23-43(2,3)31-34(48)33-15-16-36-45(6)21-20-37(44(4,5)35(45)19-22-47(36,8)46(33,7)24-26-48)61-39(52)18-17-38(51)59-29-27-57-28-30-60-40-41(50(54)62-49-40)63(55,56)32-13-11-10-12-14-32/h10-15,34-37H,9,16-31H2,1-8H3/t34-,35-,36+,37-,45-,46+,47+,48-/m0/s1. The van der Waals surface area contributed by atoms with Crippen molar-refractivity contribution in [1.82, 2.24) is 5.16 Å². The maximum absolute atomic E-state index is 13.8. The predicted octanol–water partition coefficient (Wildman–Crippen LogP) is 8.14. The van der Waals surface area contributed by atoms with Crippen LogP contribution in [0.4, 0.5) is 0 Å². The van der Waals surface area contributed by atoms with Crippen LogP contribution in [0.2, 0.25) is 0 Å². The lowest BCUT2D eigenvalue weighted by molar-refractivity contribution is -0.832. The highest BCUT2D eigenvalue weighted by Crippen LogP contribution is 2.76. The van der Waals surface area contributed by atoms with Gasteiger partial charge in [-0.25, -0.2) is 8.42 Å². The van der Waals surface area contributed by atoms with Crippen molar-refractivity contribution in [2.24, 2.45) is 50.2 Å². The molecule has 1 aromatic carbocycles. The smallest absolute Gasteiger partial charge is 0.415 e. The normalized spacial score (nSPS) is 33.0. The number of fused-ring (bicyclic) bond motifs is 7. The lowest BCUT2D eigenvalue weighted by atomic mass is 9.33. The minimum absolute atomic E-state index is 0.0106. The van der Waals surface area contributed by atoms with E-state index >= 15 is 0 Å². The zero-order valence-corrected chi connectivity index (χ0v) is 39.3. The molecule has 4 saturated carbocycles. The van der Waals surface area contributed by atoms with Gasteiger partial charge < -0.3 is 28.9 Å². The number of carbonyl (C=O) groups excluding carboxylic acids is 3. The van der Waals surface area contributed by atoms with Gasteiger partial charge in [0.2, 0.25) is 0 Å². The van der Waals surface area contributed by atoms with Gasteiger partial charge in [-0.1, -0.05) is 78.3 Å². The van der Waals surface area contributed by atoms with Crippen molar-refractivity contribution in [1.29, 1.82) is 0 Å². The van der Waals surface area contributed by atoms with E-state index in [4.69, 9.17) is 23.7 Å². The average molecular weight is 897 g/mol. The molecule has 0 unspecified atom stereocenters. The molecule has 2 aromatic rings. The summed E-state index contributed by atoms with van der Waals surface area (Å²) in [6.07, 6.45) is 11.8. The summed E-state index contributed by atoms with van der Waals surface area (Å²) < 4.78 is 58.4. The predicted molar refractivity (Wildman–Crippen MR) is 229 cm³/mol. The Labute approximate surface area is 372 Å². The van der Waals surface area contributed by atoms with E-state index in [0.717, 1.165) is 64.2 Å². The molecule has 7 rings (SSSR count). The Balaban J connectivity index is 0.885. The number of ether oxygens (including phenoxy) is 5. The van der Waals surface area contributed by atoms with Crippen molar-refractivity contribution < 1.29 is 56.0 Å². The molecule has 1 heterocycles. The number of rotatable bonds is 15. The van der Waals surface area contributed by atoms with Gasteiger partial charge in [-0.15, -0.1) is 0 Å². The first-order chi connectivity index (χ1) is 29.7. The van der Waals surface area contributed by atoms with Crippen molar-refractivity contribution in [3.8, 4) is 5.88 Å². The first-order valence-corrected chi connectivity index (χ1v) is 24.5. The lowest BCUT2D eigenvalue weighted by Gasteiger charge is -2.71. The molecule has 0 spiro atoms. The van der Waals surface area contributed by atoms with Crippen LogP contribution < -0.4 is 9.64 Å². The Bertz CT molecular complexity index is 2170. The van der Waals surface area contributed by atoms with Gasteiger partial charge in [-0.05, 0) is 128 Å². The summed E-state index contributed by atoms with van der Waals surface area (Å²) in [7, 11) is -4.25. The molecular weight excluding hydrogens is 829 g/mol. The third-order valence-electron chi connectivity index (χ3n) is 16.9. The molecule has 14 nitrogen and oxygen atoms in total. The number of aromatic nitrogens is 2. The number of nitrogens with zero attached hydrogens (tertiary/aromatic N) is 2. The van der Waals surface area contributed by atoms with E-state index in [1.165, 1.54) is 29.8 Å². The van der Waals surface area contributed by atoms with E-state index in [1.54, 1.807) is 6.07 Å². The summed E-state index contributed by atoms with van der Waals surface area (Å²) in [4.78, 5) is 39.3. The third kappa shape index (κ3) is 8.31. The summed E-state index contributed by atoms with van der Waals surface area (Å²) in [5, 5.41) is 14.7. The van der Waals surface area contributed by atoms with Gasteiger partial charge in [0.15, 0.2) is 0 Å². The number of allylic oxidation sites excluding steroid dienone is 2. The molecule has 348 valence electrons. The van der Waals surface area contributed by atoms with Gasteiger partial charge in [-0.3, -0.25) is 19.0 Å². The zero-order valence-electron chi connectivity index (χ0n) is 38.5. The van der Waals surface area contributed by atoms with Crippen molar-refractivity contribution in [2.45, 2.75) is 148 Å². The Morgan fingerprint density at radius 2 is 1.54 bits per heavy atom. The van der Waals surface area contributed by atoms with Crippen LogP contribution in [0.25, 0.3) is 0 Å². The van der Waals surface area contributed by atoms with Gasteiger partial charge in [0, 0.05) is 5.41 Å². The van der Waals surface area contributed by atoms with Crippen molar-refractivity contribution in [2.75, 3.05) is 33.0 Å². The van der Waals surface area contributed by atoms with Gasteiger partial charge in [-0.2, -0.15) is 0 Å². The molecule has 0 amide bonds. The fraction of sp³-hybridized carbons (Fsp3) is 0.729. The second-order valence-electron chi connectivity index (χ2n) is 21.0. The fourth-order valence-electron chi connectivity index (χ4n) is 13.3. The second-order valence-corrected chi connectivity index (χ2v) is 22.8. The highest BCUT2D eigenvalue weighted by molar-refractivity contribution is 7.91. The fourth-order valence-corrected chi connectivity index (χ4v) is 14.6. The number of carbonyl (C=O) groups is 3. The molecule has 5 aliphatic rings. The van der Waals surface area contributed by atoms with Crippen LogP contribution in [0, 0.1) is 55.5 Å². The van der Waals surface area contributed by atoms with Crippen molar-refractivity contribution >= 4 is 27.7 Å². The molecule has 0 N–H and O–H groups in total. The summed E-state index contributed by atoms with van der Waals surface area (Å²) in [6, 6.07) is 7.36. The van der Waals surface area contributed by atoms with E-state index < -0.39 is 38.1 Å². The third-order valence-corrected chi connectivity index (χ3v) is 18.6. The monoisotopic (exact) mass is 896 g/mol. The topological polar surface area (TPSA) is 184 Å². The molecule has 5 aliphatic carbocycles. The van der Waals surface area contributed by atoms with Gasteiger partial charge in [0.25, 0.3) is 9.84 Å². The number of hydrogen-bond donors (Lipinski definition) is 0. The Hall–Kier alpha value is -3.98. The summed E-state index contributed by atoms with van der Waals surface area (Å²) in [5.41, 5.74) is 1.11. The van der Waals surface area contributed by atoms with Crippen molar-refractivity contribution in [3.63, 3.8) is 0 Å². The molecule has 15 heteroatoms. The van der Waals surface area contributed by atoms with E-state index in [-0.39, 0.29) is 94.1 Å². The minimum Gasteiger partial charge on any atom is -0.466 e. The van der Waals surface area contributed by atoms with Crippen LogP contribution in [0.1, 0.15) is 132 Å². The number of sulfone groups is 1. The maximum atomic E-state index is 13.8. The van der Waals surface area contributed by atoms with Crippen LogP contribution in [0.5, 0.6) is 5.88 Å². The van der Waals surface area contributed by atoms with Gasteiger partial charge >= 0.3 is 28.8 Å². The quantitative estimate of drug-likeness (QED) is 0.0549. The average Bonchev–Trinajstić information content (AvgIpc) is 3.61. The van der Waals surface area contributed by atoms with Gasteiger partial charge in [0.05, 0.1) is 48.1 Å². The molecule has 0 saturated heterocycles. The van der Waals surface area contributed by atoms with Crippen LogP contribution >= 0.6 is 0 Å². The van der Waals surface area contributed by atoms with Crippen LogP contribution in [0.15, 0.2) is 56.5 Å². The molecule has 0 aliphatic heterocycles. The summed E-state index contributed by atoms with van der Waals surface area (Å²) in [6.45, 7) is 18.9. The van der Waals surface area contributed by atoms with Crippen molar-refractivity contribution in [3.05, 3.63) is 47.2 Å². The first kappa shape index (κ1) is 47.0. The molecule has 0 radical (unpaired) electrons. The van der Waals surface area contributed by atoms with Gasteiger partial charge in [0.1, 0.15) is 19.3 Å². The summed E-state index contributed by atoms with van der Waals surface area (Å²) in [5.74, 6) is -0.432. The number of benzene rings is 1. The highest BCUT2D eigenvalue weighted by Gasteiger charge is 2.69. The molecule has 0 bridgehead atoms. The largest absolute Gasteiger partial charge is 0.466 e. The molecule has 4 fully saturated rings. The van der Waals surface area contributed by atoms with E-state index in [1.807, 2.05) is 6.92 Å². The molecule has 63 heavy (non-hydrogen) atoms. The SMILES string of the molecule is CCOC(=O)[C@]12CCC(C)(C)C[C@H]1C1=CC[C@@H]3[C@@]4(C)CC[C@H](OC(=O)CCC(=O)OCCOCCOc5no[n+]([O-])c5S(=O)(=O)c5ccccc5)C(C)(C)[C@@H]4CC[C@@]3(C)[C@]1(C)CC2. The van der Waals surface area contributed by atoms with E-state index in [0.29, 0.717) is 18.4 Å². The highest BCUT2D eigenvalue weighted by atomic mass is 32.2. The Morgan fingerprint density at radius 3 is 2.27 bits per heavy atom. The van der Waals surface area contributed by atoms with Crippen LogP contribution in [-0.4, -0.2) is 70.6 Å². The minimum atomic E-state index is -4.25. The Kier molecular flexibility index (Phi) is 13.0. The second kappa shape index (κ2) is 17.4.